The van der Waals surface area contributed by atoms with Gasteiger partial charge in [-0.1, -0.05) is 58.4 Å². The summed E-state index contributed by atoms with van der Waals surface area (Å²) in [6.07, 6.45) is 0.872. The van der Waals surface area contributed by atoms with E-state index in [4.69, 9.17) is 0 Å². The van der Waals surface area contributed by atoms with Crippen molar-refractivity contribution in [2.75, 3.05) is 31.9 Å². The summed E-state index contributed by atoms with van der Waals surface area (Å²) in [5, 5.41) is 11.3. The summed E-state index contributed by atoms with van der Waals surface area (Å²) in [6.45, 7) is 7.12. The van der Waals surface area contributed by atoms with Crippen molar-refractivity contribution in [2.24, 2.45) is 0 Å². The minimum Gasteiger partial charge on any atom is -0.744 e. The average Bonchev–Trinajstić information content (AvgIpc) is 0.747. The SMILES string of the molecule is CCCc1ccc(C(=O)Nc2ccc(S(=O)(=O)[O-])c3cc(S(=O)(=O)[O-])cc(S(=O)(=O)[O-])c23)cc1NC(=O)c1cccc(NC(=O)Nc2cccc(C(=O)Nc3cc(C(=O)Nc4ccc(S(=O)(=O)[O-])c5cc(S(=O)(=O)[O-])cc(S(=O)(=O)[O-])c45)ccc3C(C)(C)C)c2)c1.[Na+].[Na+].[Na+].[Na+].[Na+].[Na+]. The second-order valence-electron chi connectivity index (χ2n) is 20.8. The maximum Gasteiger partial charge on any atom is 1.00 e. The largest absolute Gasteiger partial charge is 1.00 e. The van der Waals surface area contributed by atoms with E-state index in [1.807, 2.05) is 6.92 Å². The van der Waals surface area contributed by atoms with E-state index in [0.717, 1.165) is 12.1 Å². The molecule has 0 heterocycles. The molecule has 0 fully saturated rings. The third-order valence-electron chi connectivity index (χ3n) is 13.4. The van der Waals surface area contributed by atoms with Gasteiger partial charge in [0.2, 0.25) is 0 Å². The Morgan fingerprint density at radius 3 is 1.05 bits per heavy atom. The van der Waals surface area contributed by atoms with Crippen LogP contribution in [0.5, 0.6) is 0 Å². The van der Waals surface area contributed by atoms with Gasteiger partial charge in [-0.25, -0.2) is 55.3 Å². The van der Waals surface area contributed by atoms with Crippen molar-refractivity contribution in [3.63, 3.8) is 0 Å². The van der Waals surface area contributed by atoms with Crippen molar-refractivity contribution in [1.82, 2.24) is 0 Å². The number of hydrogen-bond acceptors (Lipinski definition) is 23. The number of amides is 6. The maximum atomic E-state index is 14.0. The predicted octanol–water partition coefficient (Wildman–Crippen LogP) is -11.7. The van der Waals surface area contributed by atoms with Crippen molar-refractivity contribution in [2.45, 2.75) is 75.3 Å². The minimum absolute atomic E-state index is 0. The maximum absolute atomic E-state index is 14.0. The van der Waals surface area contributed by atoms with Gasteiger partial charge in [0.05, 0.1) is 40.7 Å². The van der Waals surface area contributed by atoms with Crippen molar-refractivity contribution in [1.29, 1.82) is 0 Å². The molecule has 0 bridgehead atoms. The molecule has 0 saturated carbocycles. The van der Waals surface area contributed by atoms with Crippen LogP contribution in [0.4, 0.5) is 38.9 Å². The first-order valence-electron chi connectivity index (χ1n) is 25.8. The van der Waals surface area contributed by atoms with Crippen LogP contribution in [0.2, 0.25) is 0 Å². The van der Waals surface area contributed by atoms with E-state index in [9.17, 15) is 102 Å². The van der Waals surface area contributed by atoms with Gasteiger partial charge < -0.3 is 59.2 Å². The zero-order valence-electron chi connectivity index (χ0n) is 53.0. The Morgan fingerprint density at radius 1 is 0.361 bits per heavy atom. The summed E-state index contributed by atoms with van der Waals surface area (Å²) in [7, 11) is -33.7. The number of hydrogen-bond donors (Lipinski definition) is 6. The van der Waals surface area contributed by atoms with E-state index in [2.05, 4.69) is 31.9 Å². The zero-order chi connectivity index (χ0) is 67.3. The number of benzene rings is 8. The molecule has 6 amide bonds. The van der Waals surface area contributed by atoms with Crippen molar-refractivity contribution >= 4 is 146 Å². The van der Waals surface area contributed by atoms with Gasteiger partial charge in [0, 0.05) is 66.5 Å². The fourth-order valence-electron chi connectivity index (χ4n) is 9.43. The number of carbonyl (C=O) groups excluding carboxylic acids is 5. The summed E-state index contributed by atoms with van der Waals surface area (Å²) in [4.78, 5) is 60.9. The van der Waals surface area contributed by atoms with Crippen LogP contribution in [0.3, 0.4) is 0 Å². The van der Waals surface area contributed by atoms with Gasteiger partial charge >= 0.3 is 183 Å². The summed E-state index contributed by atoms with van der Waals surface area (Å²) in [5.74, 6) is -3.68. The molecule has 97 heavy (non-hydrogen) atoms. The van der Waals surface area contributed by atoms with E-state index < -0.39 is 158 Å². The van der Waals surface area contributed by atoms with Crippen LogP contribution < -0.4 is 209 Å². The molecular formula is C56H44N6Na6O23S6. The first-order chi connectivity index (χ1) is 42.0. The van der Waals surface area contributed by atoms with Crippen LogP contribution in [0, 0.1) is 0 Å². The van der Waals surface area contributed by atoms with Crippen molar-refractivity contribution < 1.29 is 279 Å². The monoisotopic (exact) mass is 1500 g/mol. The van der Waals surface area contributed by atoms with Crippen LogP contribution in [0.15, 0.2) is 163 Å². The van der Waals surface area contributed by atoms with Crippen LogP contribution in [0.1, 0.15) is 86.7 Å². The molecule has 478 valence electrons. The standard InChI is InChI=1S/C56H50N6O23S6.6Na/c1-5-8-29-13-14-32(53(65)59-41-17-19-45(88(74,75)76)38-25-36(86(68,69)70)27-47(49(38)41)90(80,81)82)23-43(29)61-51(63)30-9-6-11-34(21-30)57-55(67)58-35-12-7-10-31(22-35)52(64)62-44-24-33(15-16-40(44)56(2,3)4)54(66)60-42-18-20-46(89(77,78)79)39-26-37(87(71,72)73)28-48(50(39)42)91(83,84)85;;;;;;/h6-7,9-28H,5,8H2,1-4H3,(H,59,65)(H,60,66)(H,61,63)(H,62,64)(H2,57,58,67)(H,68,69,70)(H,71,72,73)(H,74,75,76)(H,77,78,79)(H,80,81,82)(H,83,84,85);;;;;;/q;6*+1/p-6. The normalized spacial score (nSPS) is 11.7. The zero-order valence-corrected chi connectivity index (χ0v) is 69.9. The van der Waals surface area contributed by atoms with Crippen LogP contribution in [-0.4, -0.2) is 107 Å². The number of carbonyl (C=O) groups is 5. The summed E-state index contributed by atoms with van der Waals surface area (Å²) in [5.41, 5.74) is -1.25. The fraction of sp³-hybridized carbons (Fsp3) is 0.125. The van der Waals surface area contributed by atoms with Crippen LogP contribution >= 0.6 is 0 Å². The molecule has 0 spiro atoms. The summed E-state index contributed by atoms with van der Waals surface area (Å²) >= 11 is 0. The second kappa shape index (κ2) is 34.9. The van der Waals surface area contributed by atoms with Gasteiger partial charge in [-0.3, -0.25) is 19.2 Å². The smallest absolute Gasteiger partial charge is 0.744 e. The molecular weight excluding hydrogens is 1450 g/mol. The number of aryl methyl sites for hydroxylation is 1. The molecule has 0 radical (unpaired) electrons. The first kappa shape index (κ1) is 90.0. The number of anilines is 6. The molecule has 6 N–H and O–H groups in total. The molecule has 0 unspecified atom stereocenters. The third-order valence-corrected chi connectivity index (χ3v) is 18.6. The summed E-state index contributed by atoms with van der Waals surface area (Å²) in [6, 6.07) is 21.9. The van der Waals surface area contributed by atoms with Crippen molar-refractivity contribution in [3.05, 3.63) is 167 Å². The molecule has 0 saturated heterocycles. The topological polar surface area (TPSA) is 501 Å². The summed E-state index contributed by atoms with van der Waals surface area (Å²) < 4.78 is 219. The van der Waals surface area contributed by atoms with Gasteiger partial charge in [-0.15, -0.1) is 0 Å². The van der Waals surface area contributed by atoms with Gasteiger partial charge in [-0.2, -0.15) is 0 Å². The Labute approximate surface area is 689 Å². The first-order valence-corrected chi connectivity index (χ1v) is 34.3. The Hall–Kier alpha value is -3.11. The number of rotatable bonds is 18. The quantitative estimate of drug-likeness (QED) is 0.0343. The Morgan fingerprint density at radius 2 is 0.701 bits per heavy atom. The van der Waals surface area contributed by atoms with E-state index in [0.29, 0.717) is 48.2 Å². The molecule has 8 aromatic carbocycles. The molecule has 0 aliphatic carbocycles. The van der Waals surface area contributed by atoms with Gasteiger partial charge in [-0.05, 0) is 132 Å². The Bertz CT molecular complexity index is 5200. The molecule has 0 aliphatic rings. The van der Waals surface area contributed by atoms with Gasteiger partial charge in [0.15, 0.2) is 0 Å². The molecule has 41 heteroatoms. The van der Waals surface area contributed by atoms with E-state index in [-0.39, 0.29) is 234 Å². The predicted molar refractivity (Wildman–Crippen MR) is 319 cm³/mol. The number of fused-ring (bicyclic) bond motifs is 2. The Balaban J connectivity index is 0.00000534. The van der Waals surface area contributed by atoms with Crippen LogP contribution in [-0.2, 0) is 72.5 Å². The number of urea groups is 1. The van der Waals surface area contributed by atoms with Crippen molar-refractivity contribution in [3.8, 4) is 0 Å². The molecule has 0 aromatic heterocycles. The molecule has 8 rings (SSSR count). The van der Waals surface area contributed by atoms with E-state index in [1.165, 1.54) is 84.9 Å². The average molecular weight is 1500 g/mol. The van der Waals surface area contributed by atoms with E-state index >= 15 is 0 Å². The van der Waals surface area contributed by atoms with Gasteiger partial charge in [0.1, 0.15) is 60.7 Å². The minimum atomic E-state index is -5.77. The molecule has 0 aliphatic heterocycles. The number of nitrogens with one attached hydrogen (secondary N) is 6. The fourth-order valence-corrected chi connectivity index (χ4v) is 13.4. The Kier molecular flexibility index (Phi) is 32.4. The molecule has 8 aromatic rings. The van der Waals surface area contributed by atoms with E-state index in [1.54, 1.807) is 20.8 Å². The molecule has 29 nitrogen and oxygen atoms in total. The van der Waals surface area contributed by atoms with Gasteiger partial charge in [0.25, 0.3) is 23.6 Å². The molecule has 0 atom stereocenters. The third kappa shape index (κ3) is 22.2. The second-order valence-corrected chi connectivity index (χ2v) is 29.0. The van der Waals surface area contributed by atoms with Crippen LogP contribution in [0.25, 0.3) is 21.5 Å².